The standard InChI is InChI=1S/C15H28N2O/c1-2-11(5-6-16)10-17-15(18)9-14-8-12-3-4-13(14)7-12/h11-14H,2-10,16H2,1H3,(H,17,18). The van der Waals surface area contributed by atoms with Crippen molar-refractivity contribution in [2.75, 3.05) is 13.1 Å². The number of carbonyl (C=O) groups is 1. The fraction of sp³-hybridized carbons (Fsp3) is 0.933. The van der Waals surface area contributed by atoms with Crippen LogP contribution in [0.1, 0.15) is 51.9 Å². The van der Waals surface area contributed by atoms with E-state index >= 15 is 0 Å². The molecule has 3 nitrogen and oxygen atoms in total. The Bertz CT molecular complexity index is 280. The molecular weight excluding hydrogens is 224 g/mol. The molecular formula is C15H28N2O. The quantitative estimate of drug-likeness (QED) is 0.730. The van der Waals surface area contributed by atoms with Gasteiger partial charge in [-0.05, 0) is 55.9 Å². The van der Waals surface area contributed by atoms with E-state index in [-0.39, 0.29) is 5.91 Å². The van der Waals surface area contributed by atoms with E-state index in [2.05, 4.69) is 12.2 Å². The summed E-state index contributed by atoms with van der Waals surface area (Å²) in [6, 6.07) is 0. The lowest BCUT2D eigenvalue weighted by Gasteiger charge is -2.21. The van der Waals surface area contributed by atoms with E-state index in [1.165, 1.54) is 25.7 Å². The van der Waals surface area contributed by atoms with E-state index < -0.39 is 0 Å². The average Bonchev–Trinajstić information content (AvgIpc) is 2.96. The van der Waals surface area contributed by atoms with Crippen LogP contribution in [0.15, 0.2) is 0 Å². The molecule has 0 heterocycles. The Morgan fingerprint density at radius 1 is 1.39 bits per heavy atom. The molecule has 0 saturated heterocycles. The molecule has 104 valence electrons. The summed E-state index contributed by atoms with van der Waals surface area (Å²) in [6.45, 7) is 3.70. The van der Waals surface area contributed by atoms with Gasteiger partial charge in [0.15, 0.2) is 0 Å². The monoisotopic (exact) mass is 252 g/mol. The van der Waals surface area contributed by atoms with Gasteiger partial charge in [0.25, 0.3) is 0 Å². The molecule has 1 amide bonds. The Labute approximate surface area is 111 Å². The number of hydrogen-bond acceptors (Lipinski definition) is 2. The van der Waals surface area contributed by atoms with Crippen LogP contribution in [0.2, 0.25) is 0 Å². The first kappa shape index (κ1) is 13.9. The van der Waals surface area contributed by atoms with E-state index in [1.54, 1.807) is 0 Å². The summed E-state index contributed by atoms with van der Waals surface area (Å²) in [5.41, 5.74) is 5.57. The summed E-state index contributed by atoms with van der Waals surface area (Å²) in [4.78, 5) is 12.0. The van der Waals surface area contributed by atoms with Gasteiger partial charge in [0.05, 0.1) is 0 Å². The Morgan fingerprint density at radius 2 is 2.22 bits per heavy atom. The molecule has 2 rings (SSSR count). The number of amides is 1. The van der Waals surface area contributed by atoms with Crippen molar-refractivity contribution >= 4 is 5.91 Å². The molecule has 0 aromatic heterocycles. The molecule has 4 atom stereocenters. The van der Waals surface area contributed by atoms with Crippen molar-refractivity contribution in [1.29, 1.82) is 0 Å². The van der Waals surface area contributed by atoms with Crippen LogP contribution in [0.4, 0.5) is 0 Å². The van der Waals surface area contributed by atoms with Crippen LogP contribution in [0.25, 0.3) is 0 Å². The zero-order valence-corrected chi connectivity index (χ0v) is 11.7. The number of fused-ring (bicyclic) bond motifs is 2. The van der Waals surface area contributed by atoms with Crippen LogP contribution in [0.5, 0.6) is 0 Å². The van der Waals surface area contributed by atoms with Gasteiger partial charge >= 0.3 is 0 Å². The predicted molar refractivity (Wildman–Crippen MR) is 74.0 cm³/mol. The maximum atomic E-state index is 12.0. The lowest BCUT2D eigenvalue weighted by atomic mass is 9.86. The summed E-state index contributed by atoms with van der Waals surface area (Å²) < 4.78 is 0. The van der Waals surface area contributed by atoms with Gasteiger partial charge in [-0.2, -0.15) is 0 Å². The van der Waals surface area contributed by atoms with Gasteiger partial charge in [0, 0.05) is 13.0 Å². The van der Waals surface area contributed by atoms with Crippen molar-refractivity contribution < 1.29 is 4.79 Å². The third kappa shape index (κ3) is 3.47. The SMILES string of the molecule is CCC(CCN)CNC(=O)CC1CC2CCC1C2. The zero-order valence-electron chi connectivity index (χ0n) is 11.7. The van der Waals surface area contributed by atoms with Gasteiger partial charge in [-0.1, -0.05) is 19.8 Å². The molecule has 2 saturated carbocycles. The Hall–Kier alpha value is -0.570. The van der Waals surface area contributed by atoms with Crippen LogP contribution in [0, 0.1) is 23.7 Å². The second-order valence-electron chi connectivity index (χ2n) is 6.29. The highest BCUT2D eigenvalue weighted by Gasteiger charge is 2.39. The van der Waals surface area contributed by atoms with Gasteiger partial charge in [-0.25, -0.2) is 0 Å². The van der Waals surface area contributed by atoms with E-state index in [0.717, 1.165) is 44.2 Å². The molecule has 0 aromatic rings. The van der Waals surface area contributed by atoms with Crippen LogP contribution in [0.3, 0.4) is 0 Å². The van der Waals surface area contributed by atoms with Crippen LogP contribution >= 0.6 is 0 Å². The van der Waals surface area contributed by atoms with E-state index in [9.17, 15) is 4.79 Å². The Balaban J connectivity index is 1.66. The molecule has 0 aliphatic heterocycles. The summed E-state index contributed by atoms with van der Waals surface area (Å²) in [5.74, 6) is 3.29. The fourth-order valence-corrected chi connectivity index (χ4v) is 3.88. The van der Waals surface area contributed by atoms with Gasteiger partial charge in [0.2, 0.25) is 5.91 Å². The van der Waals surface area contributed by atoms with E-state index in [0.29, 0.717) is 11.8 Å². The maximum absolute atomic E-state index is 12.0. The van der Waals surface area contributed by atoms with Crippen LogP contribution < -0.4 is 11.1 Å². The number of nitrogens with two attached hydrogens (primary N) is 1. The first-order valence-electron chi connectivity index (χ1n) is 7.69. The Morgan fingerprint density at radius 3 is 2.78 bits per heavy atom. The minimum Gasteiger partial charge on any atom is -0.356 e. The second-order valence-corrected chi connectivity index (χ2v) is 6.29. The number of nitrogens with one attached hydrogen (secondary N) is 1. The largest absolute Gasteiger partial charge is 0.356 e. The minimum absolute atomic E-state index is 0.267. The van der Waals surface area contributed by atoms with Crippen molar-refractivity contribution in [1.82, 2.24) is 5.32 Å². The molecule has 2 bridgehead atoms. The molecule has 3 N–H and O–H groups in total. The molecule has 0 radical (unpaired) electrons. The third-order valence-corrected chi connectivity index (χ3v) is 5.07. The highest BCUT2D eigenvalue weighted by molar-refractivity contribution is 5.76. The van der Waals surface area contributed by atoms with Crippen molar-refractivity contribution in [3.63, 3.8) is 0 Å². The average molecular weight is 252 g/mol. The van der Waals surface area contributed by atoms with Gasteiger partial charge in [-0.15, -0.1) is 0 Å². The topological polar surface area (TPSA) is 55.1 Å². The van der Waals surface area contributed by atoms with Crippen molar-refractivity contribution in [3.8, 4) is 0 Å². The van der Waals surface area contributed by atoms with Crippen molar-refractivity contribution in [3.05, 3.63) is 0 Å². The smallest absolute Gasteiger partial charge is 0.220 e. The molecule has 2 fully saturated rings. The minimum atomic E-state index is 0.267. The summed E-state index contributed by atoms with van der Waals surface area (Å²) in [7, 11) is 0. The van der Waals surface area contributed by atoms with Gasteiger partial charge in [0.1, 0.15) is 0 Å². The first-order valence-corrected chi connectivity index (χ1v) is 7.69. The molecule has 18 heavy (non-hydrogen) atoms. The number of hydrogen-bond donors (Lipinski definition) is 2. The summed E-state index contributed by atoms with van der Waals surface area (Å²) >= 11 is 0. The molecule has 0 aromatic carbocycles. The van der Waals surface area contributed by atoms with E-state index in [1.807, 2.05) is 0 Å². The second kappa shape index (κ2) is 6.55. The summed E-state index contributed by atoms with van der Waals surface area (Å²) in [6.07, 6.45) is 8.36. The number of rotatable bonds is 7. The fourth-order valence-electron chi connectivity index (χ4n) is 3.88. The van der Waals surface area contributed by atoms with Crippen LogP contribution in [-0.2, 0) is 4.79 Å². The third-order valence-electron chi connectivity index (χ3n) is 5.07. The lowest BCUT2D eigenvalue weighted by Crippen LogP contribution is -2.32. The molecule has 3 heteroatoms. The van der Waals surface area contributed by atoms with Gasteiger partial charge in [-0.3, -0.25) is 4.79 Å². The normalized spacial score (nSPS) is 31.6. The molecule has 2 aliphatic carbocycles. The summed E-state index contributed by atoms with van der Waals surface area (Å²) in [5, 5.41) is 3.11. The predicted octanol–water partition coefficient (Wildman–Crippen LogP) is 2.30. The highest BCUT2D eigenvalue weighted by atomic mass is 16.1. The molecule has 0 spiro atoms. The van der Waals surface area contributed by atoms with Crippen LogP contribution in [-0.4, -0.2) is 19.0 Å². The van der Waals surface area contributed by atoms with Crippen molar-refractivity contribution in [2.45, 2.75) is 51.9 Å². The Kier molecular flexibility index (Phi) is 5.04. The lowest BCUT2D eigenvalue weighted by molar-refractivity contribution is -0.122. The number of carbonyl (C=O) groups excluding carboxylic acids is 1. The van der Waals surface area contributed by atoms with E-state index in [4.69, 9.17) is 5.73 Å². The van der Waals surface area contributed by atoms with Gasteiger partial charge < -0.3 is 11.1 Å². The zero-order chi connectivity index (χ0) is 13.0. The maximum Gasteiger partial charge on any atom is 0.220 e. The molecule has 2 aliphatic rings. The molecule has 4 unspecified atom stereocenters. The first-order chi connectivity index (χ1) is 8.72. The highest BCUT2D eigenvalue weighted by Crippen LogP contribution is 2.49. The van der Waals surface area contributed by atoms with Crippen molar-refractivity contribution in [2.24, 2.45) is 29.4 Å².